The molecule has 70 heavy (non-hydrogen) atoms. The average Bonchev–Trinajstić information content (AvgIpc) is 4.26. The van der Waals surface area contributed by atoms with Crippen LogP contribution >= 0.6 is 0 Å². The first-order valence-electron chi connectivity index (χ1n) is 23.4. The second-order valence-corrected chi connectivity index (χ2v) is 17.7. The first-order chi connectivity index (χ1) is 34.5. The van der Waals surface area contributed by atoms with E-state index in [0.717, 1.165) is 128 Å². The Hall–Kier alpha value is -9.52. The molecule has 10 aromatic rings. The maximum Gasteiger partial charge on any atom is 0.186 e. The van der Waals surface area contributed by atoms with Gasteiger partial charge in [-0.25, -0.2) is 9.97 Å². The SMILES string of the molecule is O=C1C=CC(=O)C(c2cccc3cccc(-c4ccc(-c5cccc6cccc(-c7c8nc(c(-c9ccccc9)c9ccc(cc%10nc(c(-c%11ccccc%11)c%11ccc7[nH]%11)C=C%10)[nH]9)C=C8)c56)cc4)c23)=C1. The first kappa shape index (κ1) is 40.7. The number of H-pyrrole nitrogens is 2. The van der Waals surface area contributed by atoms with E-state index in [0.29, 0.717) is 5.57 Å². The van der Waals surface area contributed by atoms with Gasteiger partial charge in [-0.2, -0.15) is 0 Å². The van der Waals surface area contributed by atoms with Gasteiger partial charge in [-0.3, -0.25) is 9.59 Å². The van der Waals surface area contributed by atoms with E-state index >= 15 is 0 Å². The van der Waals surface area contributed by atoms with Gasteiger partial charge in [-0.15, -0.1) is 0 Å². The molecule has 0 saturated heterocycles. The van der Waals surface area contributed by atoms with Gasteiger partial charge in [0.05, 0.1) is 22.8 Å². The minimum atomic E-state index is -0.192. The number of aromatic amines is 2. The van der Waals surface area contributed by atoms with Crippen molar-refractivity contribution in [3.05, 3.63) is 235 Å². The summed E-state index contributed by atoms with van der Waals surface area (Å²) in [6.45, 7) is 0. The van der Waals surface area contributed by atoms with E-state index < -0.39 is 0 Å². The van der Waals surface area contributed by atoms with Gasteiger partial charge >= 0.3 is 0 Å². The fraction of sp³-hybridized carbons (Fsp3) is 0. The van der Waals surface area contributed by atoms with Crippen molar-refractivity contribution in [2.75, 3.05) is 0 Å². The normalized spacial score (nSPS) is 13.1. The summed E-state index contributed by atoms with van der Waals surface area (Å²) in [5.41, 5.74) is 18.6. The Bertz CT molecular complexity index is 4080. The lowest BCUT2D eigenvalue weighted by atomic mass is 9.87. The Morgan fingerprint density at radius 3 is 1.49 bits per heavy atom. The fourth-order valence-electron chi connectivity index (χ4n) is 10.4. The van der Waals surface area contributed by atoms with Gasteiger partial charge in [-0.05, 0) is 139 Å². The van der Waals surface area contributed by atoms with E-state index in [1.54, 1.807) is 0 Å². The number of ketones is 2. The minimum absolute atomic E-state index is 0.177. The molecule has 6 nitrogen and oxygen atoms in total. The van der Waals surface area contributed by atoms with Crippen LogP contribution in [0.5, 0.6) is 0 Å². The number of hydrogen-bond acceptors (Lipinski definition) is 4. The smallest absolute Gasteiger partial charge is 0.186 e. The van der Waals surface area contributed by atoms with E-state index in [4.69, 9.17) is 9.97 Å². The Kier molecular flexibility index (Phi) is 9.70. The van der Waals surface area contributed by atoms with Crippen molar-refractivity contribution in [3.63, 3.8) is 0 Å². The summed E-state index contributed by atoms with van der Waals surface area (Å²) >= 11 is 0. The van der Waals surface area contributed by atoms with E-state index in [-0.39, 0.29) is 11.6 Å². The Morgan fingerprint density at radius 1 is 0.357 bits per heavy atom. The van der Waals surface area contributed by atoms with Crippen LogP contribution in [0.3, 0.4) is 0 Å². The van der Waals surface area contributed by atoms with Crippen LogP contribution in [0.4, 0.5) is 0 Å². The number of fused-ring (bicyclic) bond motifs is 10. The number of allylic oxidation sites excluding steroid dienone is 4. The first-order valence-corrected chi connectivity index (χ1v) is 23.4. The Balaban J connectivity index is 1.05. The predicted octanol–water partition coefficient (Wildman–Crippen LogP) is 15.4. The molecule has 3 aliphatic rings. The van der Waals surface area contributed by atoms with Gasteiger partial charge in [0.2, 0.25) is 0 Å². The third-order valence-electron chi connectivity index (χ3n) is 13.5. The number of nitrogens with zero attached hydrogens (tertiary/aromatic N) is 2. The summed E-state index contributed by atoms with van der Waals surface area (Å²) in [6.07, 6.45) is 12.6. The predicted molar refractivity (Wildman–Crippen MR) is 288 cm³/mol. The van der Waals surface area contributed by atoms with Crippen molar-refractivity contribution in [1.29, 1.82) is 0 Å². The molecule has 1 aliphatic carbocycles. The number of nitrogens with one attached hydrogen (secondary N) is 2. The topological polar surface area (TPSA) is 91.5 Å². The maximum absolute atomic E-state index is 13.2. The molecular weight excluding hydrogens is 857 g/mol. The number of hydrogen-bond donors (Lipinski definition) is 2. The number of benzene rings is 7. The van der Waals surface area contributed by atoms with Crippen molar-refractivity contribution in [1.82, 2.24) is 19.9 Å². The highest BCUT2D eigenvalue weighted by Crippen LogP contribution is 2.43. The van der Waals surface area contributed by atoms with Gasteiger partial charge in [-0.1, -0.05) is 158 Å². The van der Waals surface area contributed by atoms with E-state index in [2.05, 4.69) is 180 Å². The van der Waals surface area contributed by atoms with Crippen LogP contribution in [-0.2, 0) is 9.59 Å². The lowest BCUT2D eigenvalue weighted by Crippen LogP contribution is -2.07. The van der Waals surface area contributed by atoms with Crippen LogP contribution in [-0.4, -0.2) is 31.5 Å². The van der Waals surface area contributed by atoms with Crippen LogP contribution in [0.15, 0.2) is 206 Å². The van der Waals surface area contributed by atoms with E-state index in [9.17, 15) is 9.59 Å². The van der Waals surface area contributed by atoms with E-state index in [1.165, 1.54) is 18.2 Å². The van der Waals surface area contributed by atoms with Crippen LogP contribution in [0.1, 0.15) is 28.3 Å². The quantitative estimate of drug-likeness (QED) is 0.163. The second-order valence-electron chi connectivity index (χ2n) is 17.7. The third-order valence-corrected chi connectivity index (χ3v) is 13.5. The zero-order valence-corrected chi connectivity index (χ0v) is 37.7. The highest BCUT2D eigenvalue weighted by atomic mass is 16.1. The molecule has 2 N–H and O–H groups in total. The number of rotatable bonds is 6. The van der Waals surface area contributed by atoms with Crippen LogP contribution in [0.2, 0.25) is 0 Å². The zero-order chi connectivity index (χ0) is 46.7. The highest BCUT2D eigenvalue weighted by molar-refractivity contribution is 6.36. The fourth-order valence-corrected chi connectivity index (χ4v) is 10.4. The summed E-state index contributed by atoms with van der Waals surface area (Å²) in [5.74, 6) is -0.369. The molecule has 0 radical (unpaired) electrons. The number of carbonyl (C=O) groups is 2. The molecule has 7 aromatic carbocycles. The minimum Gasteiger partial charge on any atom is -0.355 e. The second kappa shape index (κ2) is 16.7. The summed E-state index contributed by atoms with van der Waals surface area (Å²) in [4.78, 5) is 44.0. The Morgan fingerprint density at radius 2 is 0.857 bits per heavy atom. The van der Waals surface area contributed by atoms with E-state index in [1.807, 2.05) is 42.5 Å². The number of aromatic nitrogens is 4. The largest absolute Gasteiger partial charge is 0.355 e. The summed E-state index contributed by atoms with van der Waals surface area (Å²) in [6, 6.07) is 65.3. The number of carbonyl (C=O) groups excluding carboxylic acids is 2. The molecule has 5 heterocycles. The van der Waals surface area contributed by atoms with Crippen molar-refractivity contribution < 1.29 is 9.59 Å². The molecule has 0 atom stereocenters. The average molecular weight is 897 g/mol. The molecule has 328 valence electrons. The van der Waals surface area contributed by atoms with Crippen molar-refractivity contribution >= 4 is 85.1 Å². The molecular formula is C64H40N4O2. The molecule has 3 aromatic heterocycles. The van der Waals surface area contributed by atoms with Gasteiger partial charge in [0.25, 0.3) is 0 Å². The third kappa shape index (κ3) is 7.06. The van der Waals surface area contributed by atoms with Crippen LogP contribution < -0.4 is 0 Å². The summed E-state index contributed by atoms with van der Waals surface area (Å²) < 4.78 is 0. The van der Waals surface area contributed by atoms with Crippen molar-refractivity contribution in [2.45, 2.75) is 0 Å². The summed E-state index contributed by atoms with van der Waals surface area (Å²) in [5, 5.41) is 4.12. The lowest BCUT2D eigenvalue weighted by molar-refractivity contribution is -0.113. The molecule has 0 fully saturated rings. The lowest BCUT2D eigenvalue weighted by Gasteiger charge is -2.16. The standard InChI is InChI=1S/C64H40N4O2/c69-47-29-36-59(70)52(38-47)50-21-9-17-41-15-7-19-48(60(41)50)39-23-25-40(26-24-39)49-20-8-16-42-18-10-22-51(61(42)49)64-57-34-32-55(67-57)62(43-11-3-1-4-12-43)53-30-27-45(65-53)37-46-28-31-54(66-46)63(44-13-5-2-6-14-44)56-33-35-58(64)68-56/h1-38,65,68H. The molecule has 0 amide bonds. The maximum atomic E-state index is 13.2. The van der Waals surface area contributed by atoms with Crippen LogP contribution in [0.25, 0.3) is 129 Å². The molecule has 0 unspecified atom stereocenters. The molecule has 2 aliphatic heterocycles. The zero-order valence-electron chi connectivity index (χ0n) is 37.7. The molecule has 13 rings (SSSR count). The Labute approximate surface area is 403 Å². The molecule has 0 spiro atoms. The van der Waals surface area contributed by atoms with Crippen LogP contribution in [0, 0.1) is 0 Å². The van der Waals surface area contributed by atoms with Gasteiger partial charge in [0.15, 0.2) is 11.6 Å². The molecule has 0 saturated carbocycles. The molecule has 8 bridgehead atoms. The molecule has 6 heteroatoms. The summed E-state index contributed by atoms with van der Waals surface area (Å²) in [7, 11) is 0. The van der Waals surface area contributed by atoms with Gasteiger partial charge in [0, 0.05) is 44.3 Å². The van der Waals surface area contributed by atoms with Gasteiger partial charge < -0.3 is 9.97 Å². The van der Waals surface area contributed by atoms with Gasteiger partial charge in [0.1, 0.15) is 0 Å². The highest BCUT2D eigenvalue weighted by Gasteiger charge is 2.22. The van der Waals surface area contributed by atoms with Crippen molar-refractivity contribution in [2.24, 2.45) is 0 Å². The van der Waals surface area contributed by atoms with Crippen molar-refractivity contribution in [3.8, 4) is 55.6 Å². The monoisotopic (exact) mass is 896 g/mol.